The summed E-state index contributed by atoms with van der Waals surface area (Å²) in [5.41, 5.74) is 7.57. The average Bonchev–Trinajstić information content (AvgIpc) is 3.56. The highest BCUT2D eigenvalue weighted by Crippen LogP contribution is 2.57. The molecule has 4 aromatic heterocycles. The number of aromatic amines is 1. The number of thiol groups is 1. The van der Waals surface area contributed by atoms with Gasteiger partial charge in [0.1, 0.15) is 36.5 Å². The first kappa shape index (κ1) is 27.0. The lowest BCUT2D eigenvalue weighted by Gasteiger charge is -2.22. The quantitative estimate of drug-likeness (QED) is 0.109. The number of H-pyrrole nitrogens is 1. The second-order valence-corrected chi connectivity index (χ2v) is 14.2. The number of aliphatic hydroxyl groups is 1. The SMILES string of the molecule is Nc1ncnc2c1[nH]c[n+]2C1OC2COP(O)(=S)OCCn3c(nc4cncnc43)COP(=O)(S)OC1C2O. The Morgan fingerprint density at radius 3 is 2.95 bits per heavy atom. The van der Waals surface area contributed by atoms with Gasteiger partial charge in [0.05, 0.1) is 19.4 Å². The second-order valence-electron chi connectivity index (χ2n) is 8.51. The maximum atomic E-state index is 13.4. The van der Waals surface area contributed by atoms with Crippen LogP contribution in [-0.2, 0) is 52.4 Å². The number of nitrogens with two attached hydrogens (primary N) is 1. The average molecular weight is 619 g/mol. The first-order valence-corrected chi connectivity index (χ1v) is 16.7. The molecule has 2 bridgehead atoms. The molecule has 39 heavy (non-hydrogen) atoms. The Hall–Kier alpha value is -2.15. The van der Waals surface area contributed by atoms with Crippen LogP contribution in [0, 0.1) is 0 Å². The minimum Gasteiger partial charge on any atom is -0.387 e. The third-order valence-electron chi connectivity index (χ3n) is 6.11. The molecule has 0 spiro atoms. The van der Waals surface area contributed by atoms with Gasteiger partial charge in [0.25, 0.3) is 0 Å². The van der Waals surface area contributed by atoms with Gasteiger partial charge in [-0.25, -0.2) is 24.1 Å². The summed E-state index contributed by atoms with van der Waals surface area (Å²) < 4.78 is 44.8. The number of hydrogen-bond acceptors (Lipinski definition) is 14. The molecule has 0 aromatic carbocycles. The van der Waals surface area contributed by atoms with Crippen LogP contribution >= 0.6 is 25.8 Å². The summed E-state index contributed by atoms with van der Waals surface area (Å²) in [6.07, 6.45) is 0.687. The molecule has 6 unspecified atom stereocenters. The van der Waals surface area contributed by atoms with Gasteiger partial charge >= 0.3 is 19.2 Å². The van der Waals surface area contributed by atoms with E-state index in [0.717, 1.165) is 0 Å². The van der Waals surface area contributed by atoms with Crippen LogP contribution in [-0.4, -0.2) is 76.0 Å². The van der Waals surface area contributed by atoms with E-state index in [2.05, 4.69) is 42.2 Å². The van der Waals surface area contributed by atoms with Crippen molar-refractivity contribution in [1.82, 2.24) is 34.5 Å². The normalized spacial score (nSPS) is 32.6. The highest BCUT2D eigenvalue weighted by Gasteiger charge is 2.51. The van der Waals surface area contributed by atoms with E-state index in [1.165, 1.54) is 29.7 Å². The Morgan fingerprint density at radius 1 is 1.26 bits per heavy atom. The molecule has 0 aliphatic carbocycles. The number of aromatic nitrogens is 8. The van der Waals surface area contributed by atoms with Crippen molar-refractivity contribution in [3.63, 3.8) is 0 Å². The number of aliphatic hydroxyl groups excluding tert-OH is 1. The fourth-order valence-electron chi connectivity index (χ4n) is 4.35. The van der Waals surface area contributed by atoms with Crippen LogP contribution in [0.25, 0.3) is 22.3 Å². The number of nitrogens with zero attached hydrogens (tertiary/aromatic N) is 7. The van der Waals surface area contributed by atoms with Crippen molar-refractivity contribution < 1.29 is 42.0 Å². The standard InChI is InChI=1S/C18H21N9O8P2S2/c19-15-12-17(23-7-21-15)27(8-24-12)18-14-13(28)10(34-18)4-32-36(29,38)31-2-1-26-11(5-33-37(30,39)35-14)25-9-3-20-6-22-16(9)26/h3,6-8,10,13-14,18,28H,1-2,4-5H2,(H4,19,21,23,29,30,38,39)/p+1. The molecule has 1 fully saturated rings. The van der Waals surface area contributed by atoms with E-state index in [9.17, 15) is 14.6 Å². The van der Waals surface area contributed by atoms with Gasteiger partial charge in [-0.2, -0.15) is 4.98 Å². The maximum absolute atomic E-state index is 13.4. The Morgan fingerprint density at radius 2 is 2.10 bits per heavy atom. The molecule has 17 nitrogen and oxygen atoms in total. The van der Waals surface area contributed by atoms with Crippen LogP contribution in [0.15, 0.2) is 25.2 Å². The largest absolute Gasteiger partial charge is 0.387 e. The van der Waals surface area contributed by atoms with Gasteiger partial charge in [-0.15, -0.1) is 0 Å². The molecule has 6 rings (SSSR count). The summed E-state index contributed by atoms with van der Waals surface area (Å²) >= 11 is 9.28. The summed E-state index contributed by atoms with van der Waals surface area (Å²) in [6.45, 7) is -8.48. The van der Waals surface area contributed by atoms with E-state index in [1.807, 2.05) is 0 Å². The number of ether oxygens (including phenoxy) is 1. The third kappa shape index (κ3) is 5.32. The van der Waals surface area contributed by atoms with Gasteiger partial charge in [0.15, 0.2) is 30.2 Å². The predicted molar refractivity (Wildman–Crippen MR) is 138 cm³/mol. The summed E-state index contributed by atoms with van der Waals surface area (Å²) in [5, 5.41) is 11.1. The molecule has 4 aromatic rings. The fraction of sp³-hybridized carbons (Fsp3) is 0.444. The van der Waals surface area contributed by atoms with Crippen LogP contribution in [0.1, 0.15) is 12.1 Å². The Labute approximate surface area is 229 Å². The molecule has 5 N–H and O–H groups in total. The topological polar surface area (TPSA) is 219 Å². The number of rotatable bonds is 1. The zero-order valence-corrected chi connectivity index (χ0v) is 23.2. The van der Waals surface area contributed by atoms with Crippen LogP contribution in [0.2, 0.25) is 0 Å². The highest BCUT2D eigenvalue weighted by atomic mass is 32.7. The first-order chi connectivity index (χ1) is 18.6. The smallest absolute Gasteiger partial charge is 0.387 e. The molecule has 21 heteroatoms. The lowest BCUT2D eigenvalue weighted by Crippen LogP contribution is -2.46. The molecule has 0 radical (unpaired) electrons. The van der Waals surface area contributed by atoms with Gasteiger partial charge in [-0.3, -0.25) is 14.0 Å². The first-order valence-electron chi connectivity index (χ1n) is 11.4. The number of imidazole rings is 2. The minimum atomic E-state index is -4.14. The molecule has 208 valence electrons. The summed E-state index contributed by atoms with van der Waals surface area (Å²) in [6, 6.07) is 0. The summed E-state index contributed by atoms with van der Waals surface area (Å²) in [5.74, 6) is 0.489. The molecular weight excluding hydrogens is 596 g/mol. The lowest BCUT2D eigenvalue weighted by atomic mass is 10.1. The van der Waals surface area contributed by atoms with E-state index >= 15 is 0 Å². The summed E-state index contributed by atoms with van der Waals surface area (Å²) in [7, 11) is 0. The molecule has 6 heterocycles. The van der Waals surface area contributed by atoms with E-state index in [1.54, 1.807) is 4.57 Å². The van der Waals surface area contributed by atoms with Gasteiger partial charge in [0, 0.05) is 6.54 Å². The zero-order valence-electron chi connectivity index (χ0n) is 19.7. The van der Waals surface area contributed by atoms with Crippen molar-refractivity contribution >= 4 is 65.7 Å². The summed E-state index contributed by atoms with van der Waals surface area (Å²) in [4.78, 5) is 34.3. The number of nitrogens with one attached hydrogen (secondary N) is 1. The third-order valence-corrected chi connectivity index (χ3v) is 9.32. The molecule has 1 saturated heterocycles. The van der Waals surface area contributed by atoms with Crippen molar-refractivity contribution in [1.29, 1.82) is 0 Å². The molecule has 0 amide bonds. The van der Waals surface area contributed by atoms with Crippen LogP contribution in [0.3, 0.4) is 0 Å². The highest BCUT2D eigenvalue weighted by molar-refractivity contribution is 8.44. The molecule has 0 saturated carbocycles. The van der Waals surface area contributed by atoms with Crippen LogP contribution in [0.5, 0.6) is 0 Å². The van der Waals surface area contributed by atoms with Crippen molar-refractivity contribution in [2.75, 3.05) is 18.9 Å². The van der Waals surface area contributed by atoms with Crippen molar-refractivity contribution in [3.8, 4) is 0 Å². The Kier molecular flexibility index (Phi) is 7.18. The maximum Gasteiger partial charge on any atom is 0.387 e. The van der Waals surface area contributed by atoms with Gasteiger partial charge < -0.3 is 34.1 Å². The zero-order chi connectivity index (χ0) is 27.4. The predicted octanol–water partition coefficient (Wildman–Crippen LogP) is 0.129. The van der Waals surface area contributed by atoms with E-state index < -0.39 is 38.1 Å². The van der Waals surface area contributed by atoms with E-state index in [-0.39, 0.29) is 32.2 Å². The molecule has 2 aliphatic heterocycles. The van der Waals surface area contributed by atoms with E-state index in [4.69, 9.17) is 40.4 Å². The number of hydrogen-bond donors (Lipinski definition) is 5. The Bertz CT molecular complexity index is 1640. The molecule has 6 atom stereocenters. The molecular formula is C18H22N9O8P2S2+. The van der Waals surface area contributed by atoms with Gasteiger partial charge in [0.2, 0.25) is 11.7 Å². The minimum absolute atomic E-state index is 0.0725. The monoisotopic (exact) mass is 618 g/mol. The number of nitrogen functional groups attached to an aromatic ring is 1. The van der Waals surface area contributed by atoms with Crippen molar-refractivity contribution in [2.24, 2.45) is 0 Å². The van der Waals surface area contributed by atoms with Crippen molar-refractivity contribution in [3.05, 3.63) is 31.0 Å². The Balaban J connectivity index is 1.37. The van der Waals surface area contributed by atoms with Crippen LogP contribution in [0.4, 0.5) is 5.82 Å². The lowest BCUT2D eigenvalue weighted by molar-refractivity contribution is -0.744. The van der Waals surface area contributed by atoms with E-state index in [0.29, 0.717) is 28.2 Å². The van der Waals surface area contributed by atoms with Gasteiger partial charge in [-0.05, 0) is 11.8 Å². The number of anilines is 1. The van der Waals surface area contributed by atoms with Crippen LogP contribution < -0.4 is 10.3 Å². The van der Waals surface area contributed by atoms with Gasteiger partial charge in [-0.1, -0.05) is 17.2 Å². The molecule has 2 aliphatic rings. The number of fused-ring (bicyclic) bond motifs is 6. The fourth-order valence-corrected chi connectivity index (χ4v) is 6.86. The van der Waals surface area contributed by atoms with Crippen molar-refractivity contribution in [2.45, 2.75) is 37.7 Å². The second kappa shape index (κ2) is 10.4.